The van der Waals surface area contributed by atoms with Gasteiger partial charge < -0.3 is 0 Å². The molecule has 3 nitrogen and oxygen atoms in total. The Kier molecular flexibility index (Phi) is 3.83. The molecule has 0 saturated carbocycles. The maximum absolute atomic E-state index is 12.5. The number of hydrogen-bond acceptors (Lipinski definition) is 3. The van der Waals surface area contributed by atoms with Crippen molar-refractivity contribution in [1.29, 1.82) is 0 Å². The van der Waals surface area contributed by atoms with Gasteiger partial charge in [-0.3, -0.25) is 4.99 Å². The largest absolute Gasteiger partial charge is 0.416 e. The fourth-order valence-electron chi connectivity index (χ4n) is 1.74. The van der Waals surface area contributed by atoms with Gasteiger partial charge in [-0.05, 0) is 25.1 Å². The molecule has 0 fully saturated rings. The summed E-state index contributed by atoms with van der Waals surface area (Å²) in [6, 6.07) is 6.60. The number of benzene rings is 1. The molecule has 1 heterocycles. The number of alkyl halides is 3. The first-order chi connectivity index (χ1) is 9.40. The Labute approximate surface area is 114 Å². The first-order valence-electron chi connectivity index (χ1n) is 5.85. The summed E-state index contributed by atoms with van der Waals surface area (Å²) in [7, 11) is 1.60. The lowest BCUT2D eigenvalue weighted by atomic mass is 10.1. The first kappa shape index (κ1) is 14.2. The van der Waals surface area contributed by atoms with Crippen molar-refractivity contribution in [2.75, 3.05) is 7.05 Å². The summed E-state index contributed by atoms with van der Waals surface area (Å²) in [4.78, 5) is 12.2. The lowest BCUT2D eigenvalue weighted by Crippen LogP contribution is -2.04. The Morgan fingerprint density at radius 3 is 2.30 bits per heavy atom. The van der Waals surface area contributed by atoms with Gasteiger partial charge in [-0.1, -0.05) is 12.1 Å². The molecule has 20 heavy (non-hydrogen) atoms. The molecule has 0 saturated heterocycles. The highest BCUT2D eigenvalue weighted by molar-refractivity contribution is 5.75. The van der Waals surface area contributed by atoms with Crippen LogP contribution in [0.3, 0.4) is 0 Å². The summed E-state index contributed by atoms with van der Waals surface area (Å²) in [6.45, 7) is 1.79. The predicted molar refractivity (Wildman–Crippen MR) is 70.7 cm³/mol. The van der Waals surface area contributed by atoms with Crippen LogP contribution in [0.25, 0.3) is 11.3 Å². The Hall–Kier alpha value is -2.24. The first-order valence-corrected chi connectivity index (χ1v) is 5.85. The normalized spacial score (nSPS) is 12.1. The van der Waals surface area contributed by atoms with Crippen LogP contribution < -0.4 is 0 Å². The summed E-state index contributed by atoms with van der Waals surface area (Å²) >= 11 is 0. The monoisotopic (exact) mass is 279 g/mol. The van der Waals surface area contributed by atoms with E-state index >= 15 is 0 Å². The van der Waals surface area contributed by atoms with E-state index in [1.165, 1.54) is 18.3 Å². The molecule has 1 aromatic heterocycles. The van der Waals surface area contributed by atoms with E-state index in [0.29, 0.717) is 17.1 Å². The van der Waals surface area contributed by atoms with Crippen LogP contribution in [-0.2, 0) is 6.18 Å². The van der Waals surface area contributed by atoms with Gasteiger partial charge >= 0.3 is 6.18 Å². The molecular weight excluding hydrogens is 267 g/mol. The van der Waals surface area contributed by atoms with E-state index in [4.69, 9.17) is 0 Å². The third-order valence-electron chi connectivity index (χ3n) is 2.62. The Balaban J connectivity index is 2.41. The van der Waals surface area contributed by atoms with Gasteiger partial charge in [-0.15, -0.1) is 0 Å². The van der Waals surface area contributed by atoms with Crippen molar-refractivity contribution in [3.8, 4) is 11.3 Å². The van der Waals surface area contributed by atoms with E-state index in [1.807, 2.05) is 0 Å². The standard InChI is InChI=1S/C14H12F3N3/c1-9-7-12(20-13(19-9)8-18-2)10-3-5-11(6-4-10)14(15,16)17/h3-8H,1-2H3/b18-8+. The van der Waals surface area contributed by atoms with Crippen molar-refractivity contribution >= 4 is 6.21 Å². The zero-order valence-electron chi connectivity index (χ0n) is 10.9. The van der Waals surface area contributed by atoms with Crippen LogP contribution in [0.15, 0.2) is 35.3 Å². The number of aliphatic imine (C=N–C) groups is 1. The topological polar surface area (TPSA) is 38.1 Å². The molecule has 6 heteroatoms. The third kappa shape index (κ3) is 3.20. The van der Waals surface area contributed by atoms with Gasteiger partial charge in [0.05, 0.1) is 17.5 Å². The summed E-state index contributed by atoms with van der Waals surface area (Å²) < 4.78 is 37.5. The fourth-order valence-corrected chi connectivity index (χ4v) is 1.74. The van der Waals surface area contributed by atoms with Crippen molar-refractivity contribution in [1.82, 2.24) is 9.97 Å². The van der Waals surface area contributed by atoms with Crippen LogP contribution in [0.2, 0.25) is 0 Å². The van der Waals surface area contributed by atoms with Crippen LogP contribution in [0.1, 0.15) is 17.1 Å². The molecule has 2 rings (SSSR count). The van der Waals surface area contributed by atoms with Crippen LogP contribution in [0.4, 0.5) is 13.2 Å². The molecule has 0 bridgehead atoms. The number of nitrogens with zero attached hydrogens (tertiary/aromatic N) is 3. The van der Waals surface area contributed by atoms with Crippen molar-refractivity contribution in [3.05, 3.63) is 47.4 Å². The molecule has 0 N–H and O–H groups in total. The quantitative estimate of drug-likeness (QED) is 0.789. The summed E-state index contributed by atoms with van der Waals surface area (Å²) in [5, 5.41) is 0. The molecule has 0 atom stereocenters. The molecule has 1 aromatic carbocycles. The average molecular weight is 279 g/mol. The lowest BCUT2D eigenvalue weighted by molar-refractivity contribution is -0.137. The minimum absolute atomic E-state index is 0.433. The van der Waals surface area contributed by atoms with Crippen molar-refractivity contribution in [3.63, 3.8) is 0 Å². The summed E-state index contributed by atoms with van der Waals surface area (Å²) in [5.74, 6) is 0.433. The van der Waals surface area contributed by atoms with E-state index in [9.17, 15) is 13.2 Å². The lowest BCUT2D eigenvalue weighted by Gasteiger charge is -2.08. The summed E-state index contributed by atoms with van der Waals surface area (Å²) in [6.07, 6.45) is -2.83. The van der Waals surface area contributed by atoms with E-state index in [-0.39, 0.29) is 0 Å². The van der Waals surface area contributed by atoms with Gasteiger partial charge in [-0.25, -0.2) is 9.97 Å². The molecule has 0 spiro atoms. The van der Waals surface area contributed by atoms with Crippen LogP contribution in [0, 0.1) is 6.92 Å². The van der Waals surface area contributed by atoms with E-state index in [2.05, 4.69) is 15.0 Å². The van der Waals surface area contributed by atoms with Crippen LogP contribution in [0.5, 0.6) is 0 Å². The maximum Gasteiger partial charge on any atom is 0.416 e. The molecule has 0 unspecified atom stereocenters. The number of hydrogen-bond donors (Lipinski definition) is 0. The highest BCUT2D eigenvalue weighted by Gasteiger charge is 2.30. The molecule has 0 amide bonds. The van der Waals surface area contributed by atoms with Gasteiger partial charge in [0.25, 0.3) is 0 Å². The van der Waals surface area contributed by atoms with Crippen LogP contribution >= 0.6 is 0 Å². The Morgan fingerprint density at radius 2 is 1.75 bits per heavy atom. The second-order valence-electron chi connectivity index (χ2n) is 4.22. The van der Waals surface area contributed by atoms with Gasteiger partial charge in [0, 0.05) is 18.3 Å². The van der Waals surface area contributed by atoms with Crippen molar-refractivity contribution in [2.24, 2.45) is 4.99 Å². The minimum atomic E-state index is -4.33. The van der Waals surface area contributed by atoms with Crippen molar-refractivity contribution < 1.29 is 13.2 Å². The predicted octanol–water partition coefficient (Wildman–Crippen LogP) is 3.52. The minimum Gasteiger partial charge on any atom is -0.293 e. The molecule has 0 aliphatic rings. The maximum atomic E-state index is 12.5. The third-order valence-corrected chi connectivity index (χ3v) is 2.62. The highest BCUT2D eigenvalue weighted by atomic mass is 19.4. The Bertz CT molecular complexity index is 631. The molecule has 0 aliphatic carbocycles. The Morgan fingerprint density at radius 1 is 1.10 bits per heavy atom. The fraction of sp³-hybridized carbons (Fsp3) is 0.214. The molecular formula is C14H12F3N3. The second-order valence-corrected chi connectivity index (χ2v) is 4.22. The zero-order chi connectivity index (χ0) is 14.8. The van der Waals surface area contributed by atoms with E-state index in [1.54, 1.807) is 20.0 Å². The average Bonchev–Trinajstić information content (AvgIpc) is 2.37. The number of aromatic nitrogens is 2. The molecule has 2 aromatic rings. The summed E-state index contributed by atoms with van der Waals surface area (Å²) in [5.41, 5.74) is 1.22. The molecule has 0 radical (unpaired) electrons. The van der Waals surface area contributed by atoms with Gasteiger partial charge in [0.1, 0.15) is 0 Å². The van der Waals surface area contributed by atoms with Gasteiger partial charge in [0.2, 0.25) is 0 Å². The molecule has 104 valence electrons. The van der Waals surface area contributed by atoms with Crippen molar-refractivity contribution in [2.45, 2.75) is 13.1 Å². The van der Waals surface area contributed by atoms with E-state index < -0.39 is 11.7 Å². The number of rotatable bonds is 2. The molecule has 0 aliphatic heterocycles. The second kappa shape index (κ2) is 5.40. The zero-order valence-corrected chi connectivity index (χ0v) is 10.9. The number of halogens is 3. The van der Waals surface area contributed by atoms with E-state index in [0.717, 1.165) is 17.8 Å². The SMILES string of the molecule is C/N=C/c1nc(C)cc(-c2ccc(C(F)(F)F)cc2)n1. The van der Waals surface area contributed by atoms with Crippen LogP contribution in [-0.4, -0.2) is 23.2 Å². The number of aryl methyl sites for hydroxylation is 1. The van der Waals surface area contributed by atoms with Gasteiger partial charge in [-0.2, -0.15) is 13.2 Å². The van der Waals surface area contributed by atoms with Gasteiger partial charge in [0.15, 0.2) is 5.82 Å². The smallest absolute Gasteiger partial charge is 0.293 e. The highest BCUT2D eigenvalue weighted by Crippen LogP contribution is 2.30.